The molecule has 0 bridgehead atoms. The van der Waals surface area contributed by atoms with Gasteiger partial charge in [-0.25, -0.2) is 0 Å². The van der Waals surface area contributed by atoms with Crippen LogP contribution < -0.4 is 10.6 Å². The normalized spacial score (nSPS) is 14.2. The van der Waals surface area contributed by atoms with Crippen LogP contribution in [0.15, 0.2) is 0 Å². The van der Waals surface area contributed by atoms with E-state index in [0.717, 1.165) is 39.0 Å². The first-order valence-electron chi connectivity index (χ1n) is 12.4. The standard InChI is InChI=1S/C27H57N3O/c1-21(2)23(31)14-30(19-26(9,10)15-24(5,6)17-28-13)20-27(11,12)16-25(7,8)18-29-22(3)4/h21-22,28-29H,14-20H2,1-13H3. The Balaban J connectivity index is 5.42. The number of nitrogens with one attached hydrogen (secondary N) is 2. The largest absolute Gasteiger partial charge is 0.319 e. The van der Waals surface area contributed by atoms with Gasteiger partial charge >= 0.3 is 0 Å². The summed E-state index contributed by atoms with van der Waals surface area (Å²) < 4.78 is 0. The lowest BCUT2D eigenvalue weighted by atomic mass is 9.73. The average Bonchev–Trinajstić information content (AvgIpc) is 2.49. The van der Waals surface area contributed by atoms with Gasteiger partial charge in [0.25, 0.3) is 0 Å². The third-order valence-corrected chi connectivity index (χ3v) is 5.89. The first-order chi connectivity index (χ1) is 13.8. The minimum Gasteiger partial charge on any atom is -0.319 e. The predicted octanol–water partition coefficient (Wildman–Crippen LogP) is 5.62. The van der Waals surface area contributed by atoms with Crippen LogP contribution in [0.5, 0.6) is 0 Å². The lowest BCUT2D eigenvalue weighted by Crippen LogP contribution is -2.46. The highest BCUT2D eigenvalue weighted by Gasteiger charge is 2.35. The van der Waals surface area contributed by atoms with Crippen LogP contribution in [0, 0.1) is 27.6 Å². The number of carbonyl (C=O) groups is 1. The average molecular weight is 440 g/mol. The third-order valence-electron chi connectivity index (χ3n) is 5.89. The highest BCUT2D eigenvalue weighted by molar-refractivity contribution is 5.82. The molecular formula is C27H57N3O. The number of carbonyl (C=O) groups excluding carboxylic acids is 1. The van der Waals surface area contributed by atoms with Crippen LogP contribution in [-0.4, -0.2) is 56.5 Å². The number of nitrogens with zero attached hydrogens (tertiary/aromatic N) is 1. The molecule has 0 saturated carbocycles. The molecule has 4 nitrogen and oxygen atoms in total. The van der Waals surface area contributed by atoms with Crippen molar-refractivity contribution in [3.63, 3.8) is 0 Å². The molecule has 0 fully saturated rings. The van der Waals surface area contributed by atoms with Crippen molar-refractivity contribution < 1.29 is 4.79 Å². The smallest absolute Gasteiger partial charge is 0.149 e. The van der Waals surface area contributed by atoms with E-state index in [4.69, 9.17) is 0 Å². The van der Waals surface area contributed by atoms with Gasteiger partial charge in [0.2, 0.25) is 0 Å². The summed E-state index contributed by atoms with van der Waals surface area (Å²) in [5.41, 5.74) is 0.718. The zero-order chi connectivity index (χ0) is 24.7. The molecule has 0 rings (SSSR count). The highest BCUT2D eigenvalue weighted by atomic mass is 16.1. The summed E-state index contributed by atoms with van der Waals surface area (Å²) in [5.74, 6) is 0.433. The summed E-state index contributed by atoms with van der Waals surface area (Å²) in [6.45, 7) is 31.8. The Hall–Kier alpha value is -0.450. The molecule has 186 valence electrons. The van der Waals surface area contributed by atoms with Crippen molar-refractivity contribution in [3.05, 3.63) is 0 Å². The Morgan fingerprint density at radius 2 is 1.16 bits per heavy atom. The lowest BCUT2D eigenvalue weighted by Gasteiger charge is -2.43. The van der Waals surface area contributed by atoms with Crippen LogP contribution >= 0.6 is 0 Å². The predicted molar refractivity (Wildman–Crippen MR) is 138 cm³/mol. The van der Waals surface area contributed by atoms with Crippen LogP contribution in [0.1, 0.15) is 95.9 Å². The van der Waals surface area contributed by atoms with Gasteiger partial charge in [0, 0.05) is 31.6 Å². The Bertz CT molecular complexity index is 533. The zero-order valence-corrected chi connectivity index (χ0v) is 23.5. The molecule has 0 aliphatic carbocycles. The molecule has 0 aliphatic heterocycles. The third kappa shape index (κ3) is 14.3. The van der Waals surface area contributed by atoms with E-state index in [-0.39, 0.29) is 27.6 Å². The van der Waals surface area contributed by atoms with Gasteiger partial charge in [0.1, 0.15) is 5.78 Å². The van der Waals surface area contributed by atoms with Gasteiger partial charge in [-0.05, 0) is 48.1 Å². The van der Waals surface area contributed by atoms with Gasteiger partial charge < -0.3 is 10.6 Å². The monoisotopic (exact) mass is 439 g/mol. The molecule has 0 unspecified atom stereocenters. The van der Waals surface area contributed by atoms with Gasteiger partial charge in [-0.2, -0.15) is 0 Å². The molecule has 4 heteroatoms. The van der Waals surface area contributed by atoms with Crippen LogP contribution in [0.2, 0.25) is 0 Å². The van der Waals surface area contributed by atoms with E-state index in [0.29, 0.717) is 18.4 Å². The molecular weight excluding hydrogens is 382 g/mol. The topological polar surface area (TPSA) is 44.4 Å². The van der Waals surface area contributed by atoms with E-state index in [1.165, 1.54) is 0 Å². The summed E-state index contributed by atoms with van der Waals surface area (Å²) in [7, 11) is 2.03. The molecule has 0 aromatic rings. The van der Waals surface area contributed by atoms with E-state index in [1.54, 1.807) is 0 Å². The minimum atomic E-state index is 0.0844. The lowest BCUT2D eigenvalue weighted by molar-refractivity contribution is -0.123. The SMILES string of the molecule is CNCC(C)(C)CC(C)(C)CN(CC(=O)C(C)C)CC(C)(C)CC(C)(C)CNC(C)C. The first kappa shape index (κ1) is 30.6. The van der Waals surface area contributed by atoms with Gasteiger partial charge in [-0.1, -0.05) is 83.1 Å². The number of ketones is 1. The highest BCUT2D eigenvalue weighted by Crippen LogP contribution is 2.37. The second kappa shape index (κ2) is 12.1. The van der Waals surface area contributed by atoms with Crippen LogP contribution in [0.4, 0.5) is 0 Å². The van der Waals surface area contributed by atoms with Gasteiger partial charge in [-0.15, -0.1) is 0 Å². The maximum absolute atomic E-state index is 12.7. The van der Waals surface area contributed by atoms with E-state index in [1.807, 2.05) is 20.9 Å². The van der Waals surface area contributed by atoms with Crippen LogP contribution in [0.3, 0.4) is 0 Å². The second-order valence-electron chi connectivity index (χ2n) is 13.8. The van der Waals surface area contributed by atoms with Crippen molar-refractivity contribution in [2.75, 3.05) is 39.8 Å². The molecule has 0 spiro atoms. The molecule has 2 N–H and O–H groups in total. The molecule has 0 amide bonds. The van der Waals surface area contributed by atoms with Gasteiger partial charge in [-0.3, -0.25) is 9.69 Å². The quantitative estimate of drug-likeness (QED) is 0.328. The zero-order valence-electron chi connectivity index (χ0n) is 23.5. The molecule has 0 aromatic heterocycles. The summed E-state index contributed by atoms with van der Waals surface area (Å²) in [5, 5.41) is 6.95. The summed E-state index contributed by atoms with van der Waals surface area (Å²) in [6.07, 6.45) is 2.25. The maximum atomic E-state index is 12.7. The van der Waals surface area contributed by atoms with Crippen molar-refractivity contribution in [1.82, 2.24) is 15.5 Å². The molecule has 0 radical (unpaired) electrons. The number of Topliss-reactive ketones (excluding diaryl/α,β-unsaturated/α-hetero) is 1. The molecule has 0 heterocycles. The summed E-state index contributed by atoms with van der Waals surface area (Å²) in [6, 6.07) is 0.504. The van der Waals surface area contributed by atoms with E-state index >= 15 is 0 Å². The summed E-state index contributed by atoms with van der Waals surface area (Å²) in [4.78, 5) is 15.2. The fourth-order valence-corrected chi connectivity index (χ4v) is 5.57. The number of hydrogen-bond donors (Lipinski definition) is 2. The molecule has 0 saturated heterocycles. The van der Waals surface area contributed by atoms with Crippen molar-refractivity contribution >= 4 is 5.78 Å². The van der Waals surface area contributed by atoms with E-state index in [9.17, 15) is 4.79 Å². The summed E-state index contributed by atoms with van der Waals surface area (Å²) >= 11 is 0. The van der Waals surface area contributed by atoms with Crippen molar-refractivity contribution in [1.29, 1.82) is 0 Å². The fourth-order valence-electron chi connectivity index (χ4n) is 5.57. The van der Waals surface area contributed by atoms with Crippen LogP contribution in [-0.2, 0) is 4.79 Å². The Morgan fingerprint density at radius 3 is 1.52 bits per heavy atom. The number of rotatable bonds is 16. The second-order valence-corrected chi connectivity index (χ2v) is 13.8. The minimum absolute atomic E-state index is 0.0844. The van der Waals surface area contributed by atoms with E-state index in [2.05, 4.69) is 84.8 Å². The molecule has 31 heavy (non-hydrogen) atoms. The van der Waals surface area contributed by atoms with Gasteiger partial charge in [0.15, 0.2) is 0 Å². The number of hydrogen-bond acceptors (Lipinski definition) is 4. The molecule has 0 aliphatic rings. The maximum Gasteiger partial charge on any atom is 0.149 e. The Labute approximate surface area is 195 Å². The molecule has 0 aromatic carbocycles. The van der Waals surface area contributed by atoms with E-state index < -0.39 is 0 Å². The van der Waals surface area contributed by atoms with Crippen molar-refractivity contribution in [3.8, 4) is 0 Å². The van der Waals surface area contributed by atoms with Crippen molar-refractivity contribution in [2.45, 2.75) is 102 Å². The van der Waals surface area contributed by atoms with Gasteiger partial charge in [0.05, 0.1) is 6.54 Å². The Morgan fingerprint density at radius 1 is 0.742 bits per heavy atom. The first-order valence-corrected chi connectivity index (χ1v) is 12.4. The van der Waals surface area contributed by atoms with Crippen LogP contribution in [0.25, 0.3) is 0 Å². The van der Waals surface area contributed by atoms with Crippen molar-refractivity contribution in [2.24, 2.45) is 27.6 Å². The fraction of sp³-hybridized carbons (Fsp3) is 0.963. The molecule has 0 atom stereocenters. The Kier molecular flexibility index (Phi) is 12.0.